The SMILES string of the molecule is C[C@@H](NC(=O)COc1ccc(CN(C)S(C)(=O)=O)cc1)c1ccc(F)cc1. The number of benzene rings is 2. The van der Waals surface area contributed by atoms with Crippen molar-refractivity contribution < 1.29 is 22.3 Å². The summed E-state index contributed by atoms with van der Waals surface area (Å²) in [4.78, 5) is 12.0. The van der Waals surface area contributed by atoms with E-state index in [1.165, 1.54) is 23.5 Å². The van der Waals surface area contributed by atoms with Gasteiger partial charge >= 0.3 is 0 Å². The number of hydrogen-bond donors (Lipinski definition) is 1. The Morgan fingerprint density at radius 1 is 1.15 bits per heavy atom. The van der Waals surface area contributed by atoms with E-state index in [4.69, 9.17) is 4.74 Å². The Bertz CT molecular complexity index is 868. The molecule has 2 aromatic carbocycles. The van der Waals surface area contributed by atoms with Crippen LogP contribution in [0.4, 0.5) is 4.39 Å². The minimum absolute atomic E-state index is 0.159. The summed E-state index contributed by atoms with van der Waals surface area (Å²) in [5.74, 6) is -0.121. The summed E-state index contributed by atoms with van der Waals surface area (Å²) < 4.78 is 42.5. The standard InChI is InChI=1S/C19H23FN2O4S/c1-14(16-6-8-17(20)9-7-16)21-19(23)13-26-18-10-4-15(5-11-18)12-22(2)27(3,24)25/h4-11,14H,12-13H2,1-3H3,(H,21,23)/t14-/m1/s1. The molecule has 6 nitrogen and oxygen atoms in total. The van der Waals surface area contributed by atoms with Crippen LogP contribution in [0.2, 0.25) is 0 Å². The Hall–Kier alpha value is -2.45. The molecule has 1 amide bonds. The quantitative estimate of drug-likeness (QED) is 0.746. The van der Waals surface area contributed by atoms with Gasteiger partial charge in [-0.3, -0.25) is 4.79 Å². The molecule has 146 valence electrons. The van der Waals surface area contributed by atoms with Gasteiger partial charge in [-0.05, 0) is 42.3 Å². The van der Waals surface area contributed by atoms with E-state index in [1.54, 1.807) is 43.3 Å². The van der Waals surface area contributed by atoms with Crippen LogP contribution in [0, 0.1) is 5.82 Å². The molecule has 2 aromatic rings. The van der Waals surface area contributed by atoms with Gasteiger partial charge in [0.15, 0.2) is 6.61 Å². The summed E-state index contributed by atoms with van der Waals surface area (Å²) in [6.07, 6.45) is 1.15. The summed E-state index contributed by atoms with van der Waals surface area (Å²) in [6, 6.07) is 12.5. The topological polar surface area (TPSA) is 75.7 Å². The maximum atomic E-state index is 12.9. The first-order chi connectivity index (χ1) is 12.6. The number of sulfonamides is 1. The van der Waals surface area contributed by atoms with Crippen LogP contribution in [0.5, 0.6) is 5.75 Å². The van der Waals surface area contributed by atoms with Gasteiger partial charge in [-0.25, -0.2) is 17.1 Å². The molecule has 0 unspecified atom stereocenters. The molecule has 0 aliphatic rings. The molecule has 0 spiro atoms. The third-order valence-electron chi connectivity index (χ3n) is 4.01. The first-order valence-electron chi connectivity index (χ1n) is 8.33. The lowest BCUT2D eigenvalue weighted by Gasteiger charge is -2.15. The molecule has 0 bridgehead atoms. The number of hydrogen-bond acceptors (Lipinski definition) is 4. The third-order valence-corrected chi connectivity index (χ3v) is 5.27. The van der Waals surface area contributed by atoms with E-state index >= 15 is 0 Å². The predicted molar refractivity (Wildman–Crippen MR) is 101 cm³/mol. The molecule has 0 aliphatic heterocycles. The van der Waals surface area contributed by atoms with E-state index in [1.807, 2.05) is 0 Å². The van der Waals surface area contributed by atoms with Crippen LogP contribution in [0.1, 0.15) is 24.1 Å². The number of carbonyl (C=O) groups excluding carboxylic acids is 1. The molecular weight excluding hydrogens is 371 g/mol. The fourth-order valence-electron chi connectivity index (χ4n) is 2.33. The highest BCUT2D eigenvalue weighted by molar-refractivity contribution is 7.88. The number of ether oxygens (including phenoxy) is 1. The molecule has 8 heteroatoms. The smallest absolute Gasteiger partial charge is 0.258 e. The van der Waals surface area contributed by atoms with Gasteiger partial charge in [-0.15, -0.1) is 0 Å². The maximum absolute atomic E-state index is 12.9. The van der Waals surface area contributed by atoms with Crippen molar-refractivity contribution in [2.24, 2.45) is 0 Å². The minimum atomic E-state index is -3.24. The second-order valence-corrected chi connectivity index (χ2v) is 8.38. The summed E-state index contributed by atoms with van der Waals surface area (Å²) in [6.45, 7) is 1.90. The third kappa shape index (κ3) is 6.65. The van der Waals surface area contributed by atoms with Crippen LogP contribution in [0.15, 0.2) is 48.5 Å². The van der Waals surface area contributed by atoms with Crippen molar-refractivity contribution >= 4 is 15.9 Å². The highest BCUT2D eigenvalue weighted by atomic mass is 32.2. The average molecular weight is 394 g/mol. The van der Waals surface area contributed by atoms with Crippen LogP contribution in [0.25, 0.3) is 0 Å². The molecule has 1 N–H and O–H groups in total. The lowest BCUT2D eigenvalue weighted by atomic mass is 10.1. The zero-order chi connectivity index (χ0) is 20.0. The van der Waals surface area contributed by atoms with Gasteiger partial charge in [0.1, 0.15) is 11.6 Å². The van der Waals surface area contributed by atoms with Crippen LogP contribution in [-0.4, -0.2) is 38.5 Å². The van der Waals surface area contributed by atoms with Gasteiger partial charge < -0.3 is 10.1 Å². The van der Waals surface area contributed by atoms with E-state index < -0.39 is 10.0 Å². The Labute approximate surface area is 159 Å². The normalized spacial score (nSPS) is 12.6. The van der Waals surface area contributed by atoms with E-state index in [0.29, 0.717) is 5.75 Å². The predicted octanol–water partition coefficient (Wildman–Crippen LogP) is 2.47. The summed E-state index contributed by atoms with van der Waals surface area (Å²) in [5, 5.41) is 2.78. The first kappa shape index (κ1) is 20.9. The van der Waals surface area contributed by atoms with Gasteiger partial charge in [0, 0.05) is 13.6 Å². The van der Waals surface area contributed by atoms with E-state index in [0.717, 1.165) is 17.4 Å². The number of nitrogens with one attached hydrogen (secondary N) is 1. The van der Waals surface area contributed by atoms with Gasteiger partial charge in [0.05, 0.1) is 12.3 Å². The van der Waals surface area contributed by atoms with Crippen molar-refractivity contribution in [1.82, 2.24) is 9.62 Å². The Morgan fingerprint density at radius 3 is 2.30 bits per heavy atom. The second-order valence-electron chi connectivity index (χ2n) is 6.29. The largest absolute Gasteiger partial charge is 0.484 e. The summed E-state index contributed by atoms with van der Waals surface area (Å²) in [5.41, 5.74) is 1.61. The summed E-state index contributed by atoms with van der Waals surface area (Å²) in [7, 11) is -1.73. The van der Waals surface area contributed by atoms with Gasteiger partial charge in [0.25, 0.3) is 5.91 Å². The monoisotopic (exact) mass is 394 g/mol. The molecule has 0 heterocycles. The van der Waals surface area contributed by atoms with Gasteiger partial charge in [-0.1, -0.05) is 24.3 Å². The molecule has 0 radical (unpaired) electrons. The Morgan fingerprint density at radius 2 is 1.74 bits per heavy atom. The molecule has 0 aliphatic carbocycles. The average Bonchev–Trinajstić information content (AvgIpc) is 2.61. The van der Waals surface area contributed by atoms with Crippen LogP contribution in [0.3, 0.4) is 0 Å². The lowest BCUT2D eigenvalue weighted by molar-refractivity contribution is -0.123. The molecular formula is C19H23FN2O4S. The second kappa shape index (κ2) is 8.96. The lowest BCUT2D eigenvalue weighted by Crippen LogP contribution is -2.31. The fraction of sp³-hybridized carbons (Fsp3) is 0.316. The molecule has 0 saturated carbocycles. The number of carbonyl (C=O) groups is 1. The van der Waals surface area contributed by atoms with Crippen molar-refractivity contribution in [3.63, 3.8) is 0 Å². The van der Waals surface area contributed by atoms with E-state index in [2.05, 4.69) is 5.32 Å². The summed E-state index contributed by atoms with van der Waals surface area (Å²) >= 11 is 0. The highest BCUT2D eigenvalue weighted by Gasteiger charge is 2.12. The number of amides is 1. The number of rotatable bonds is 8. The van der Waals surface area contributed by atoms with Crippen molar-refractivity contribution in [2.45, 2.75) is 19.5 Å². The minimum Gasteiger partial charge on any atom is -0.484 e. The maximum Gasteiger partial charge on any atom is 0.258 e. The molecule has 0 aromatic heterocycles. The number of nitrogens with zero attached hydrogens (tertiary/aromatic N) is 1. The number of halogens is 1. The van der Waals surface area contributed by atoms with Crippen LogP contribution in [-0.2, 0) is 21.4 Å². The van der Waals surface area contributed by atoms with Crippen molar-refractivity contribution in [2.75, 3.05) is 19.9 Å². The highest BCUT2D eigenvalue weighted by Crippen LogP contribution is 2.15. The first-order valence-corrected chi connectivity index (χ1v) is 10.2. The van der Waals surface area contributed by atoms with Crippen molar-refractivity contribution in [3.8, 4) is 5.75 Å². The van der Waals surface area contributed by atoms with Gasteiger partial charge in [-0.2, -0.15) is 0 Å². The molecule has 27 heavy (non-hydrogen) atoms. The molecule has 1 atom stereocenters. The van der Waals surface area contributed by atoms with Gasteiger partial charge in [0.2, 0.25) is 10.0 Å². The van der Waals surface area contributed by atoms with E-state index in [9.17, 15) is 17.6 Å². The van der Waals surface area contributed by atoms with Crippen LogP contribution >= 0.6 is 0 Å². The van der Waals surface area contributed by atoms with Crippen molar-refractivity contribution in [3.05, 3.63) is 65.5 Å². The van der Waals surface area contributed by atoms with E-state index in [-0.39, 0.29) is 30.9 Å². The Kier molecular flexibility index (Phi) is 6.92. The fourth-order valence-corrected chi connectivity index (χ4v) is 2.72. The zero-order valence-electron chi connectivity index (χ0n) is 15.5. The molecule has 0 fully saturated rings. The zero-order valence-corrected chi connectivity index (χ0v) is 16.3. The Balaban J connectivity index is 1.83. The molecule has 2 rings (SSSR count). The van der Waals surface area contributed by atoms with Crippen molar-refractivity contribution in [1.29, 1.82) is 0 Å². The van der Waals surface area contributed by atoms with Crippen LogP contribution < -0.4 is 10.1 Å². The molecule has 0 saturated heterocycles.